The summed E-state index contributed by atoms with van der Waals surface area (Å²) in [4.78, 5) is 4.65. The van der Waals surface area contributed by atoms with Gasteiger partial charge in [0.2, 0.25) is 5.95 Å². The highest BCUT2D eigenvalue weighted by Crippen LogP contribution is 2.35. The summed E-state index contributed by atoms with van der Waals surface area (Å²) < 4.78 is 2.39. The molecule has 0 bridgehead atoms. The fraction of sp³-hybridized carbons (Fsp3) is 0.812. The largest absolute Gasteiger partial charge is 0.355 e. The van der Waals surface area contributed by atoms with E-state index in [9.17, 15) is 0 Å². The minimum Gasteiger partial charge on any atom is -0.355 e. The number of hydrogen-bond acceptors (Lipinski definition) is 2. The van der Waals surface area contributed by atoms with Crippen LogP contribution in [0.2, 0.25) is 0 Å². The van der Waals surface area contributed by atoms with E-state index in [1.165, 1.54) is 32.1 Å². The predicted octanol–water partition coefficient (Wildman–Crippen LogP) is 4.40. The Morgan fingerprint density at radius 2 is 2.00 bits per heavy atom. The molecule has 1 N–H and O–H groups in total. The highest BCUT2D eigenvalue weighted by Gasteiger charge is 2.23. The van der Waals surface area contributed by atoms with Crippen LogP contribution in [0.3, 0.4) is 0 Å². The molecule has 1 aliphatic rings. The van der Waals surface area contributed by atoms with Gasteiger partial charge in [-0.25, -0.2) is 4.98 Å². The highest BCUT2D eigenvalue weighted by atomic mass is 15.2. The van der Waals surface area contributed by atoms with E-state index in [-0.39, 0.29) is 0 Å². The highest BCUT2D eigenvalue weighted by molar-refractivity contribution is 5.29. The molecule has 1 saturated carbocycles. The standard InChI is InChI=1S/C16H29N3/c1-5-14-6-8-15(9-7-14)19-11-13(4)18-16(19)17-10-12(2)3/h11-12,14-15H,5-10H2,1-4H3,(H,17,18). The first-order chi connectivity index (χ1) is 9.10. The molecular formula is C16H29N3. The smallest absolute Gasteiger partial charge is 0.203 e. The molecule has 1 heterocycles. The second-order valence-corrected chi connectivity index (χ2v) is 6.47. The van der Waals surface area contributed by atoms with Gasteiger partial charge in [0.25, 0.3) is 0 Å². The van der Waals surface area contributed by atoms with E-state index < -0.39 is 0 Å². The molecule has 1 fully saturated rings. The Morgan fingerprint density at radius 3 is 2.58 bits per heavy atom. The van der Waals surface area contributed by atoms with Gasteiger partial charge in [-0.3, -0.25) is 0 Å². The molecule has 1 aliphatic carbocycles. The molecule has 3 heteroatoms. The van der Waals surface area contributed by atoms with Gasteiger partial charge in [-0.15, -0.1) is 0 Å². The van der Waals surface area contributed by atoms with Crippen molar-refractivity contribution in [3.63, 3.8) is 0 Å². The van der Waals surface area contributed by atoms with Gasteiger partial charge in [-0.1, -0.05) is 27.2 Å². The topological polar surface area (TPSA) is 29.9 Å². The maximum Gasteiger partial charge on any atom is 0.203 e. The van der Waals surface area contributed by atoms with Crippen LogP contribution < -0.4 is 5.32 Å². The molecule has 0 amide bonds. The average molecular weight is 263 g/mol. The maximum atomic E-state index is 4.65. The molecular weight excluding hydrogens is 234 g/mol. The van der Waals surface area contributed by atoms with Gasteiger partial charge in [0.15, 0.2) is 0 Å². The van der Waals surface area contributed by atoms with Crippen LogP contribution >= 0.6 is 0 Å². The number of aromatic nitrogens is 2. The van der Waals surface area contributed by atoms with E-state index in [4.69, 9.17) is 0 Å². The molecule has 1 aromatic heterocycles. The lowest BCUT2D eigenvalue weighted by Gasteiger charge is -2.29. The number of anilines is 1. The molecule has 0 unspecified atom stereocenters. The molecule has 0 aliphatic heterocycles. The number of rotatable bonds is 5. The average Bonchev–Trinajstić information content (AvgIpc) is 2.78. The van der Waals surface area contributed by atoms with Gasteiger partial charge in [-0.05, 0) is 44.4 Å². The quantitative estimate of drug-likeness (QED) is 0.853. The number of aryl methyl sites for hydroxylation is 1. The van der Waals surface area contributed by atoms with Crippen LogP contribution in [0.5, 0.6) is 0 Å². The lowest BCUT2D eigenvalue weighted by molar-refractivity contribution is 0.271. The Kier molecular flexibility index (Phi) is 4.89. The maximum absolute atomic E-state index is 4.65. The SMILES string of the molecule is CCC1CCC(n2cc(C)nc2NCC(C)C)CC1. The fourth-order valence-corrected chi connectivity index (χ4v) is 3.05. The third-order valence-electron chi connectivity index (χ3n) is 4.31. The first-order valence-electron chi connectivity index (χ1n) is 7.89. The van der Waals surface area contributed by atoms with Crippen molar-refractivity contribution >= 4 is 5.95 Å². The van der Waals surface area contributed by atoms with E-state index in [1.54, 1.807) is 0 Å². The molecule has 3 nitrogen and oxygen atoms in total. The summed E-state index contributed by atoms with van der Waals surface area (Å²) in [7, 11) is 0. The second kappa shape index (κ2) is 6.44. The molecule has 19 heavy (non-hydrogen) atoms. The third kappa shape index (κ3) is 3.74. The number of nitrogens with zero attached hydrogens (tertiary/aromatic N) is 2. The zero-order valence-corrected chi connectivity index (χ0v) is 12.9. The summed E-state index contributed by atoms with van der Waals surface area (Å²) in [6.07, 6.45) is 8.94. The summed E-state index contributed by atoms with van der Waals surface area (Å²) in [5.41, 5.74) is 1.13. The molecule has 0 radical (unpaired) electrons. The van der Waals surface area contributed by atoms with Gasteiger partial charge in [0.1, 0.15) is 0 Å². The molecule has 0 atom stereocenters. The van der Waals surface area contributed by atoms with Crippen molar-refractivity contribution in [2.24, 2.45) is 11.8 Å². The molecule has 0 spiro atoms. The van der Waals surface area contributed by atoms with E-state index in [1.807, 2.05) is 0 Å². The number of hydrogen-bond donors (Lipinski definition) is 1. The Labute approximate surface area is 117 Å². The van der Waals surface area contributed by atoms with Crippen molar-refractivity contribution in [3.05, 3.63) is 11.9 Å². The molecule has 0 saturated heterocycles. The van der Waals surface area contributed by atoms with E-state index in [0.717, 1.165) is 24.1 Å². The monoisotopic (exact) mass is 263 g/mol. The Hall–Kier alpha value is -0.990. The van der Waals surface area contributed by atoms with Gasteiger partial charge < -0.3 is 9.88 Å². The fourth-order valence-electron chi connectivity index (χ4n) is 3.05. The zero-order chi connectivity index (χ0) is 13.8. The first-order valence-corrected chi connectivity index (χ1v) is 7.89. The van der Waals surface area contributed by atoms with Gasteiger partial charge >= 0.3 is 0 Å². The van der Waals surface area contributed by atoms with Crippen LogP contribution in [0.4, 0.5) is 5.95 Å². The summed E-state index contributed by atoms with van der Waals surface area (Å²) in [5, 5.41) is 3.51. The van der Waals surface area contributed by atoms with Crippen molar-refractivity contribution in [3.8, 4) is 0 Å². The van der Waals surface area contributed by atoms with Crippen LogP contribution in [0, 0.1) is 18.8 Å². The van der Waals surface area contributed by atoms with Gasteiger partial charge in [0.05, 0.1) is 5.69 Å². The van der Waals surface area contributed by atoms with Crippen molar-refractivity contribution < 1.29 is 0 Å². The summed E-state index contributed by atoms with van der Waals surface area (Å²) >= 11 is 0. The molecule has 0 aromatic carbocycles. The van der Waals surface area contributed by atoms with Crippen molar-refractivity contribution in [1.29, 1.82) is 0 Å². The molecule has 108 valence electrons. The third-order valence-corrected chi connectivity index (χ3v) is 4.31. The lowest BCUT2D eigenvalue weighted by Crippen LogP contribution is -2.20. The van der Waals surface area contributed by atoms with Crippen molar-refractivity contribution in [2.45, 2.75) is 65.8 Å². The summed E-state index contributed by atoms with van der Waals surface area (Å²) in [5.74, 6) is 2.68. The van der Waals surface area contributed by atoms with Crippen LogP contribution in [0.1, 0.15) is 64.6 Å². The van der Waals surface area contributed by atoms with Crippen molar-refractivity contribution in [1.82, 2.24) is 9.55 Å². The Bertz CT molecular complexity index is 387. The van der Waals surface area contributed by atoms with Gasteiger partial charge in [-0.2, -0.15) is 0 Å². The van der Waals surface area contributed by atoms with Gasteiger partial charge in [0, 0.05) is 18.8 Å². The summed E-state index contributed by atoms with van der Waals surface area (Å²) in [6.45, 7) is 9.89. The minimum atomic E-state index is 0.652. The molecule has 1 aromatic rings. The van der Waals surface area contributed by atoms with Crippen LogP contribution in [-0.2, 0) is 0 Å². The zero-order valence-electron chi connectivity index (χ0n) is 12.9. The lowest BCUT2D eigenvalue weighted by atomic mass is 9.84. The first kappa shape index (κ1) is 14.4. The van der Waals surface area contributed by atoms with E-state index in [2.05, 4.69) is 48.8 Å². The van der Waals surface area contributed by atoms with Crippen LogP contribution in [-0.4, -0.2) is 16.1 Å². The normalized spacial score (nSPS) is 23.8. The minimum absolute atomic E-state index is 0.652. The Balaban J connectivity index is 2.03. The Morgan fingerprint density at radius 1 is 1.32 bits per heavy atom. The van der Waals surface area contributed by atoms with Crippen LogP contribution in [0.15, 0.2) is 6.20 Å². The van der Waals surface area contributed by atoms with E-state index >= 15 is 0 Å². The summed E-state index contributed by atoms with van der Waals surface area (Å²) in [6, 6.07) is 0.652. The molecule has 2 rings (SSSR count). The number of imidazole rings is 1. The van der Waals surface area contributed by atoms with Crippen molar-refractivity contribution in [2.75, 3.05) is 11.9 Å². The van der Waals surface area contributed by atoms with Crippen LogP contribution in [0.25, 0.3) is 0 Å². The second-order valence-electron chi connectivity index (χ2n) is 6.47. The predicted molar refractivity (Wildman–Crippen MR) is 81.6 cm³/mol. The van der Waals surface area contributed by atoms with E-state index in [0.29, 0.717) is 12.0 Å². The number of nitrogens with one attached hydrogen (secondary N) is 1.